The van der Waals surface area contributed by atoms with Crippen molar-refractivity contribution in [2.45, 2.75) is 26.9 Å². The molecule has 7 nitrogen and oxygen atoms in total. The quantitative estimate of drug-likeness (QED) is 0.816. The van der Waals surface area contributed by atoms with Crippen LogP contribution in [0.4, 0.5) is 11.4 Å². The lowest BCUT2D eigenvalue weighted by atomic mass is 10.1. The van der Waals surface area contributed by atoms with Gasteiger partial charge >= 0.3 is 0 Å². The number of hydrogen-bond acceptors (Lipinski definition) is 4. The zero-order valence-corrected chi connectivity index (χ0v) is 16.8. The molecule has 1 heterocycles. The molecule has 0 aromatic heterocycles. The van der Waals surface area contributed by atoms with Crippen LogP contribution in [0.5, 0.6) is 5.75 Å². The van der Waals surface area contributed by atoms with Crippen molar-refractivity contribution in [2.24, 2.45) is 0 Å². The molecule has 29 heavy (non-hydrogen) atoms. The highest BCUT2D eigenvalue weighted by atomic mass is 16.5. The zero-order valence-electron chi connectivity index (χ0n) is 16.8. The van der Waals surface area contributed by atoms with E-state index in [4.69, 9.17) is 4.74 Å². The first-order chi connectivity index (χ1) is 13.9. The maximum Gasteiger partial charge on any atom is 0.268 e. The van der Waals surface area contributed by atoms with Gasteiger partial charge in [-0.3, -0.25) is 19.3 Å². The highest BCUT2D eigenvalue weighted by molar-refractivity contribution is 6.06. The van der Waals surface area contributed by atoms with E-state index in [1.807, 2.05) is 19.9 Å². The van der Waals surface area contributed by atoms with Crippen LogP contribution in [0, 0.1) is 0 Å². The SMILES string of the molecule is CCN(CC)C(=O)c1cccc(NC(=O)CN2C(=O)C(C)Oc3ccccc32)c1. The third-order valence-corrected chi connectivity index (χ3v) is 4.82. The second kappa shape index (κ2) is 8.77. The van der Waals surface area contributed by atoms with Crippen LogP contribution in [0.1, 0.15) is 31.1 Å². The largest absolute Gasteiger partial charge is 0.479 e. The van der Waals surface area contributed by atoms with Gasteiger partial charge < -0.3 is 15.0 Å². The van der Waals surface area contributed by atoms with Crippen LogP contribution < -0.4 is 15.0 Å². The van der Waals surface area contributed by atoms with E-state index in [2.05, 4.69) is 5.32 Å². The van der Waals surface area contributed by atoms with Crippen molar-refractivity contribution in [3.05, 3.63) is 54.1 Å². The summed E-state index contributed by atoms with van der Waals surface area (Å²) in [5.74, 6) is -0.143. The van der Waals surface area contributed by atoms with E-state index >= 15 is 0 Å². The fourth-order valence-electron chi connectivity index (χ4n) is 3.29. The Morgan fingerprint density at radius 3 is 2.55 bits per heavy atom. The first kappa shape index (κ1) is 20.4. The number of benzene rings is 2. The number of para-hydroxylation sites is 2. The Kier molecular flexibility index (Phi) is 6.16. The van der Waals surface area contributed by atoms with Crippen molar-refractivity contribution in [1.82, 2.24) is 4.90 Å². The third kappa shape index (κ3) is 4.39. The molecule has 0 radical (unpaired) electrons. The molecule has 152 valence electrons. The van der Waals surface area contributed by atoms with Gasteiger partial charge in [-0.15, -0.1) is 0 Å². The normalized spacial score (nSPS) is 15.3. The lowest BCUT2D eigenvalue weighted by molar-refractivity contribution is -0.127. The fraction of sp³-hybridized carbons (Fsp3) is 0.318. The number of rotatable bonds is 6. The van der Waals surface area contributed by atoms with Gasteiger partial charge in [0, 0.05) is 24.3 Å². The lowest BCUT2D eigenvalue weighted by Crippen LogP contribution is -2.47. The summed E-state index contributed by atoms with van der Waals surface area (Å²) in [6.07, 6.45) is -0.660. The number of ether oxygens (including phenoxy) is 1. The third-order valence-electron chi connectivity index (χ3n) is 4.82. The summed E-state index contributed by atoms with van der Waals surface area (Å²) in [5.41, 5.74) is 1.58. The minimum absolute atomic E-state index is 0.0859. The van der Waals surface area contributed by atoms with Gasteiger partial charge in [0.25, 0.3) is 11.8 Å². The molecule has 1 atom stereocenters. The monoisotopic (exact) mass is 395 g/mol. The number of nitrogens with one attached hydrogen (secondary N) is 1. The standard InChI is InChI=1S/C22H25N3O4/c1-4-24(5-2)22(28)16-9-8-10-17(13-16)23-20(26)14-25-18-11-6-7-12-19(18)29-15(3)21(25)27/h6-13,15H,4-5,14H2,1-3H3,(H,23,26). The Balaban J connectivity index is 1.74. The minimum atomic E-state index is -0.660. The highest BCUT2D eigenvalue weighted by Crippen LogP contribution is 2.33. The van der Waals surface area contributed by atoms with Gasteiger partial charge in [-0.2, -0.15) is 0 Å². The van der Waals surface area contributed by atoms with Crippen molar-refractivity contribution < 1.29 is 19.1 Å². The van der Waals surface area contributed by atoms with Gasteiger partial charge in [0.1, 0.15) is 12.3 Å². The summed E-state index contributed by atoms with van der Waals surface area (Å²) in [6.45, 7) is 6.59. The fourth-order valence-corrected chi connectivity index (χ4v) is 3.29. The van der Waals surface area contributed by atoms with Crippen molar-refractivity contribution in [3.63, 3.8) is 0 Å². The van der Waals surface area contributed by atoms with Crippen molar-refractivity contribution >= 4 is 29.1 Å². The first-order valence-corrected chi connectivity index (χ1v) is 9.70. The average Bonchev–Trinajstić information content (AvgIpc) is 2.72. The van der Waals surface area contributed by atoms with Gasteiger partial charge in [-0.05, 0) is 51.1 Å². The molecule has 0 saturated carbocycles. The predicted octanol–water partition coefficient (Wildman–Crippen LogP) is 2.92. The summed E-state index contributed by atoms with van der Waals surface area (Å²) in [7, 11) is 0. The van der Waals surface area contributed by atoms with Gasteiger partial charge in [0.05, 0.1) is 5.69 Å². The van der Waals surface area contributed by atoms with Crippen LogP contribution in [0.25, 0.3) is 0 Å². The van der Waals surface area contributed by atoms with E-state index in [0.29, 0.717) is 35.8 Å². The molecule has 0 bridgehead atoms. The second-order valence-corrected chi connectivity index (χ2v) is 6.76. The van der Waals surface area contributed by atoms with Gasteiger partial charge in [0.15, 0.2) is 6.10 Å². The zero-order chi connectivity index (χ0) is 21.0. The van der Waals surface area contributed by atoms with E-state index in [1.165, 1.54) is 4.90 Å². The molecule has 3 rings (SSSR count). The Labute approximate surface area is 170 Å². The molecule has 0 spiro atoms. The van der Waals surface area contributed by atoms with Crippen LogP contribution in [0.2, 0.25) is 0 Å². The van der Waals surface area contributed by atoms with E-state index < -0.39 is 6.10 Å². The molecule has 3 amide bonds. The van der Waals surface area contributed by atoms with Crippen LogP contribution in [0.15, 0.2) is 48.5 Å². The van der Waals surface area contributed by atoms with E-state index in [1.54, 1.807) is 54.3 Å². The first-order valence-electron chi connectivity index (χ1n) is 9.70. The summed E-state index contributed by atoms with van der Waals surface area (Å²) >= 11 is 0. The van der Waals surface area contributed by atoms with E-state index in [9.17, 15) is 14.4 Å². The topological polar surface area (TPSA) is 79.0 Å². The molecular formula is C22H25N3O4. The molecule has 2 aromatic carbocycles. The molecule has 1 aliphatic rings. The predicted molar refractivity (Wildman–Crippen MR) is 111 cm³/mol. The summed E-state index contributed by atoms with van der Waals surface area (Å²) in [6, 6.07) is 13.9. The maximum atomic E-state index is 12.6. The summed E-state index contributed by atoms with van der Waals surface area (Å²) in [5, 5.41) is 2.78. The highest BCUT2D eigenvalue weighted by Gasteiger charge is 2.32. The van der Waals surface area contributed by atoms with Crippen LogP contribution in [-0.4, -0.2) is 48.4 Å². The number of carbonyl (C=O) groups is 3. The van der Waals surface area contributed by atoms with Crippen molar-refractivity contribution in [3.8, 4) is 5.75 Å². The molecule has 1 N–H and O–H groups in total. The van der Waals surface area contributed by atoms with Gasteiger partial charge in [0.2, 0.25) is 5.91 Å². The summed E-state index contributed by atoms with van der Waals surface area (Å²) < 4.78 is 5.59. The van der Waals surface area contributed by atoms with Crippen LogP contribution in [-0.2, 0) is 9.59 Å². The second-order valence-electron chi connectivity index (χ2n) is 6.76. The molecule has 7 heteroatoms. The van der Waals surface area contributed by atoms with Crippen molar-refractivity contribution in [1.29, 1.82) is 0 Å². The van der Waals surface area contributed by atoms with Crippen LogP contribution in [0.3, 0.4) is 0 Å². The number of carbonyl (C=O) groups excluding carboxylic acids is 3. The molecule has 2 aromatic rings. The number of anilines is 2. The molecule has 1 unspecified atom stereocenters. The Morgan fingerprint density at radius 1 is 1.10 bits per heavy atom. The van der Waals surface area contributed by atoms with Crippen molar-refractivity contribution in [2.75, 3.05) is 29.9 Å². The lowest BCUT2D eigenvalue weighted by Gasteiger charge is -2.32. The summed E-state index contributed by atoms with van der Waals surface area (Å²) in [4.78, 5) is 40.8. The molecule has 0 saturated heterocycles. The van der Waals surface area contributed by atoms with Crippen LogP contribution >= 0.6 is 0 Å². The smallest absolute Gasteiger partial charge is 0.268 e. The van der Waals surface area contributed by atoms with E-state index in [-0.39, 0.29) is 24.3 Å². The minimum Gasteiger partial charge on any atom is -0.479 e. The van der Waals surface area contributed by atoms with Gasteiger partial charge in [-0.1, -0.05) is 18.2 Å². The number of hydrogen-bond donors (Lipinski definition) is 1. The molecular weight excluding hydrogens is 370 g/mol. The molecule has 0 aliphatic carbocycles. The molecule has 1 aliphatic heterocycles. The maximum absolute atomic E-state index is 12.6. The van der Waals surface area contributed by atoms with Gasteiger partial charge in [-0.25, -0.2) is 0 Å². The Bertz CT molecular complexity index is 924. The number of amides is 3. The molecule has 0 fully saturated rings. The Hall–Kier alpha value is -3.35. The number of fused-ring (bicyclic) bond motifs is 1. The Morgan fingerprint density at radius 2 is 1.83 bits per heavy atom. The van der Waals surface area contributed by atoms with E-state index in [0.717, 1.165) is 0 Å². The average molecular weight is 395 g/mol. The number of nitrogens with zero attached hydrogens (tertiary/aromatic N) is 2.